The maximum Gasteiger partial charge on any atom is 0.264 e. The van der Waals surface area contributed by atoms with Crippen molar-refractivity contribution in [1.82, 2.24) is 15.5 Å². The highest BCUT2D eigenvalue weighted by molar-refractivity contribution is 5.94. The maximum absolute atomic E-state index is 12.1. The first-order valence-electron chi connectivity index (χ1n) is 6.85. The lowest BCUT2D eigenvalue weighted by atomic mass is 9.85. The number of fused-ring (bicyclic) bond motifs is 1. The summed E-state index contributed by atoms with van der Waals surface area (Å²) in [5.74, 6) is 0.961. The van der Waals surface area contributed by atoms with Gasteiger partial charge in [-0.1, -0.05) is 12.8 Å². The number of carbonyl (C=O) groups excluding carboxylic acids is 1. The quantitative estimate of drug-likeness (QED) is 0.729. The molecule has 3 atom stereocenters. The molecule has 19 heavy (non-hydrogen) atoms. The fourth-order valence-corrected chi connectivity index (χ4v) is 3.15. The molecule has 2 heterocycles. The van der Waals surface area contributed by atoms with E-state index in [1.54, 1.807) is 0 Å². The van der Waals surface area contributed by atoms with Crippen LogP contribution in [0, 0.1) is 5.92 Å². The number of hydrogen-bond donors (Lipinski definition) is 3. The smallest absolute Gasteiger partial charge is 0.264 e. The Bertz CT molecular complexity index is 493. The van der Waals surface area contributed by atoms with Crippen LogP contribution < -0.4 is 16.2 Å². The van der Waals surface area contributed by atoms with Gasteiger partial charge in [-0.3, -0.25) is 9.59 Å². The number of aromatic amines is 1. The molecule has 6 nitrogen and oxygen atoms in total. The van der Waals surface area contributed by atoms with Crippen molar-refractivity contribution in [3.05, 3.63) is 22.5 Å². The predicted octanol–water partition coefficient (Wildman–Crippen LogP) is 0.629. The van der Waals surface area contributed by atoms with Gasteiger partial charge in [-0.15, -0.1) is 0 Å². The molecule has 1 amide bonds. The Morgan fingerprint density at radius 1 is 1.32 bits per heavy atom. The second kappa shape index (κ2) is 5.13. The molecular weight excluding hydrogens is 244 g/mol. The highest BCUT2D eigenvalue weighted by atomic mass is 16.2. The molecule has 3 rings (SSSR count). The van der Waals surface area contributed by atoms with Gasteiger partial charge in [-0.2, -0.15) is 5.10 Å². The van der Waals surface area contributed by atoms with Gasteiger partial charge in [0, 0.05) is 12.1 Å². The molecule has 2 aliphatic rings. The number of nitrogens with zero attached hydrogens (tertiary/aromatic N) is 1. The minimum Gasteiger partial charge on any atom is -0.308 e. The summed E-state index contributed by atoms with van der Waals surface area (Å²) < 4.78 is 0. The average Bonchev–Trinajstić information content (AvgIpc) is 2.85. The highest BCUT2D eigenvalue weighted by Gasteiger charge is 2.38. The fraction of sp³-hybridized carbons (Fsp3) is 0.615. The van der Waals surface area contributed by atoms with E-state index in [2.05, 4.69) is 20.8 Å². The lowest BCUT2D eigenvalue weighted by Gasteiger charge is -2.24. The van der Waals surface area contributed by atoms with Crippen molar-refractivity contribution in [1.29, 1.82) is 0 Å². The first-order chi connectivity index (χ1) is 9.22. The first kappa shape index (κ1) is 12.3. The molecule has 1 saturated heterocycles. The van der Waals surface area contributed by atoms with E-state index >= 15 is 0 Å². The van der Waals surface area contributed by atoms with Crippen LogP contribution in [-0.4, -0.2) is 28.2 Å². The molecule has 3 unspecified atom stereocenters. The van der Waals surface area contributed by atoms with E-state index in [-0.39, 0.29) is 17.5 Å². The van der Waals surface area contributed by atoms with Crippen LogP contribution in [0.25, 0.3) is 0 Å². The molecule has 1 saturated carbocycles. The fourth-order valence-electron chi connectivity index (χ4n) is 3.15. The summed E-state index contributed by atoms with van der Waals surface area (Å²) in [6.45, 7) is 0. The number of aromatic nitrogens is 2. The van der Waals surface area contributed by atoms with Gasteiger partial charge in [-0.05, 0) is 31.2 Å². The Kier molecular flexibility index (Phi) is 3.33. The molecule has 1 aliphatic heterocycles. The van der Waals surface area contributed by atoms with Crippen LogP contribution >= 0.6 is 0 Å². The van der Waals surface area contributed by atoms with E-state index in [0.29, 0.717) is 17.8 Å². The summed E-state index contributed by atoms with van der Waals surface area (Å²) in [7, 11) is 0. The molecule has 0 bridgehead atoms. The Morgan fingerprint density at radius 3 is 2.89 bits per heavy atom. The molecule has 3 N–H and O–H groups in total. The van der Waals surface area contributed by atoms with Crippen molar-refractivity contribution in [3.63, 3.8) is 0 Å². The number of carbonyl (C=O) groups is 1. The van der Waals surface area contributed by atoms with Gasteiger partial charge in [0.1, 0.15) is 0 Å². The second-order valence-corrected chi connectivity index (χ2v) is 5.40. The SMILES string of the molecule is O=C(Nc1ccc(=O)[nH]n1)C1CC2CCCCC2N1. The van der Waals surface area contributed by atoms with E-state index < -0.39 is 0 Å². The topological polar surface area (TPSA) is 86.9 Å². The van der Waals surface area contributed by atoms with Crippen molar-refractivity contribution < 1.29 is 4.79 Å². The molecule has 1 aromatic heterocycles. The monoisotopic (exact) mass is 262 g/mol. The minimum atomic E-state index is -0.275. The number of rotatable bonds is 2. The number of amides is 1. The zero-order valence-corrected chi connectivity index (χ0v) is 10.7. The Labute approximate surface area is 111 Å². The van der Waals surface area contributed by atoms with Crippen LogP contribution in [0.5, 0.6) is 0 Å². The first-order valence-corrected chi connectivity index (χ1v) is 6.85. The van der Waals surface area contributed by atoms with Gasteiger partial charge in [0.2, 0.25) is 5.91 Å². The van der Waals surface area contributed by atoms with Gasteiger partial charge in [0.25, 0.3) is 5.56 Å². The van der Waals surface area contributed by atoms with E-state index in [4.69, 9.17) is 0 Å². The van der Waals surface area contributed by atoms with E-state index in [1.807, 2.05) is 0 Å². The van der Waals surface area contributed by atoms with Gasteiger partial charge in [0.15, 0.2) is 5.82 Å². The lowest BCUT2D eigenvalue weighted by molar-refractivity contribution is -0.117. The number of anilines is 1. The molecule has 1 aliphatic carbocycles. The Hall–Kier alpha value is -1.69. The summed E-state index contributed by atoms with van der Waals surface area (Å²) in [5.41, 5.74) is -0.275. The summed E-state index contributed by atoms with van der Waals surface area (Å²) in [5, 5.41) is 12.2. The normalized spacial score (nSPS) is 29.8. The molecule has 1 aromatic rings. The van der Waals surface area contributed by atoms with Crippen LogP contribution in [-0.2, 0) is 4.79 Å². The van der Waals surface area contributed by atoms with E-state index in [9.17, 15) is 9.59 Å². The average molecular weight is 262 g/mol. The van der Waals surface area contributed by atoms with Gasteiger partial charge < -0.3 is 10.6 Å². The number of H-pyrrole nitrogens is 1. The van der Waals surface area contributed by atoms with Gasteiger partial charge >= 0.3 is 0 Å². The third kappa shape index (κ3) is 2.68. The molecular formula is C13H18N4O2. The number of nitrogens with one attached hydrogen (secondary N) is 3. The van der Waals surface area contributed by atoms with Crippen molar-refractivity contribution >= 4 is 11.7 Å². The molecule has 6 heteroatoms. The Morgan fingerprint density at radius 2 is 2.16 bits per heavy atom. The maximum atomic E-state index is 12.1. The van der Waals surface area contributed by atoms with Gasteiger partial charge in [0.05, 0.1) is 6.04 Å². The molecule has 0 spiro atoms. The summed E-state index contributed by atoms with van der Waals surface area (Å²) in [6.07, 6.45) is 5.83. The third-order valence-corrected chi connectivity index (χ3v) is 4.11. The standard InChI is InChI=1S/C13H18N4O2/c18-12-6-5-11(16-17-12)15-13(19)10-7-8-3-1-2-4-9(8)14-10/h5-6,8-10,14H,1-4,7H2,(H,17,18)(H,15,16,19). The summed E-state index contributed by atoms with van der Waals surface area (Å²) in [4.78, 5) is 23.0. The highest BCUT2D eigenvalue weighted by Crippen LogP contribution is 2.33. The van der Waals surface area contributed by atoms with Crippen LogP contribution in [0.2, 0.25) is 0 Å². The van der Waals surface area contributed by atoms with E-state index in [1.165, 1.54) is 37.8 Å². The molecule has 2 fully saturated rings. The molecule has 102 valence electrons. The largest absolute Gasteiger partial charge is 0.308 e. The zero-order valence-electron chi connectivity index (χ0n) is 10.7. The number of hydrogen-bond acceptors (Lipinski definition) is 4. The minimum absolute atomic E-state index is 0.0612. The van der Waals surface area contributed by atoms with Crippen molar-refractivity contribution in [3.8, 4) is 0 Å². The van der Waals surface area contributed by atoms with Crippen LogP contribution in [0.4, 0.5) is 5.82 Å². The Balaban J connectivity index is 1.62. The molecule has 0 aromatic carbocycles. The van der Waals surface area contributed by atoms with Crippen molar-refractivity contribution in [2.75, 3.05) is 5.32 Å². The predicted molar refractivity (Wildman–Crippen MR) is 70.8 cm³/mol. The lowest BCUT2D eigenvalue weighted by Crippen LogP contribution is -2.40. The van der Waals surface area contributed by atoms with Crippen LogP contribution in [0.15, 0.2) is 16.9 Å². The third-order valence-electron chi connectivity index (χ3n) is 4.11. The molecule has 0 radical (unpaired) electrons. The van der Waals surface area contributed by atoms with E-state index in [0.717, 1.165) is 6.42 Å². The zero-order chi connectivity index (χ0) is 13.2. The summed E-state index contributed by atoms with van der Waals surface area (Å²) in [6, 6.07) is 3.22. The summed E-state index contributed by atoms with van der Waals surface area (Å²) >= 11 is 0. The second-order valence-electron chi connectivity index (χ2n) is 5.40. The van der Waals surface area contributed by atoms with Crippen LogP contribution in [0.3, 0.4) is 0 Å². The van der Waals surface area contributed by atoms with Crippen LogP contribution in [0.1, 0.15) is 32.1 Å². The van der Waals surface area contributed by atoms with Crippen molar-refractivity contribution in [2.24, 2.45) is 5.92 Å². The van der Waals surface area contributed by atoms with Gasteiger partial charge in [-0.25, -0.2) is 5.10 Å². The van der Waals surface area contributed by atoms with Crippen molar-refractivity contribution in [2.45, 2.75) is 44.2 Å².